The van der Waals surface area contributed by atoms with Crippen LogP contribution in [0.25, 0.3) is 11.1 Å². The zero-order chi connectivity index (χ0) is 13.1. The highest BCUT2D eigenvalue weighted by Crippen LogP contribution is 2.36. The van der Waals surface area contributed by atoms with Crippen molar-refractivity contribution in [3.05, 3.63) is 47.5 Å². The largest absolute Gasteiger partial charge is 0.507 e. The van der Waals surface area contributed by atoms with Crippen LogP contribution in [-0.2, 0) is 6.42 Å². The molecule has 0 aliphatic carbocycles. The number of phenolic OH excluding ortho intramolecular Hbond substituents is 2. The fourth-order valence-corrected chi connectivity index (χ4v) is 1.99. The molecule has 3 heteroatoms. The fourth-order valence-electron chi connectivity index (χ4n) is 1.99. The van der Waals surface area contributed by atoms with Crippen LogP contribution in [-0.4, -0.2) is 16.8 Å². The maximum atomic E-state index is 9.93. The summed E-state index contributed by atoms with van der Waals surface area (Å²) in [5, 5.41) is 19.8. The van der Waals surface area contributed by atoms with E-state index in [1.165, 1.54) is 0 Å². The molecule has 18 heavy (non-hydrogen) atoms. The number of hydrogen-bond acceptors (Lipinski definition) is 3. The van der Waals surface area contributed by atoms with Gasteiger partial charge in [0.25, 0.3) is 0 Å². The highest BCUT2D eigenvalue weighted by molar-refractivity contribution is 5.76. The summed E-state index contributed by atoms with van der Waals surface area (Å²) < 4.78 is 0. The summed E-state index contributed by atoms with van der Waals surface area (Å²) >= 11 is 0. The molecule has 0 aliphatic rings. The minimum Gasteiger partial charge on any atom is -0.507 e. The second kappa shape index (κ2) is 5.10. The summed E-state index contributed by atoms with van der Waals surface area (Å²) in [6.45, 7) is 2.51. The third kappa shape index (κ3) is 2.46. The van der Waals surface area contributed by atoms with Gasteiger partial charge in [0.2, 0.25) is 0 Å². The molecule has 0 heterocycles. The minimum absolute atomic E-state index is 0.164. The molecule has 0 radical (unpaired) electrons. The molecule has 0 spiro atoms. The quantitative estimate of drug-likeness (QED) is 0.776. The van der Waals surface area contributed by atoms with Crippen molar-refractivity contribution >= 4 is 0 Å². The summed E-state index contributed by atoms with van der Waals surface area (Å²) in [5.74, 6) is 0.331. The number of aryl methyl sites for hydroxylation is 1. The van der Waals surface area contributed by atoms with Gasteiger partial charge in [-0.2, -0.15) is 0 Å². The van der Waals surface area contributed by atoms with Gasteiger partial charge in [0.15, 0.2) is 0 Å². The lowest BCUT2D eigenvalue weighted by Crippen LogP contribution is -2.02. The van der Waals surface area contributed by atoms with Crippen molar-refractivity contribution in [2.24, 2.45) is 5.73 Å². The molecular weight excluding hydrogens is 226 g/mol. The van der Waals surface area contributed by atoms with Gasteiger partial charge >= 0.3 is 0 Å². The van der Waals surface area contributed by atoms with E-state index in [9.17, 15) is 10.2 Å². The third-order valence-electron chi connectivity index (χ3n) is 2.94. The first-order valence-electron chi connectivity index (χ1n) is 5.94. The average Bonchev–Trinajstić information content (AvgIpc) is 2.35. The summed E-state index contributed by atoms with van der Waals surface area (Å²) in [5.41, 5.74) is 8.90. The van der Waals surface area contributed by atoms with Crippen molar-refractivity contribution in [2.75, 3.05) is 6.54 Å². The van der Waals surface area contributed by atoms with E-state index < -0.39 is 0 Å². The Kier molecular flexibility index (Phi) is 3.53. The van der Waals surface area contributed by atoms with Crippen molar-refractivity contribution in [3.8, 4) is 22.6 Å². The van der Waals surface area contributed by atoms with Crippen LogP contribution in [0, 0.1) is 6.92 Å². The maximum Gasteiger partial charge on any atom is 0.123 e. The summed E-state index contributed by atoms with van der Waals surface area (Å²) in [4.78, 5) is 0. The Labute approximate surface area is 107 Å². The van der Waals surface area contributed by atoms with Crippen LogP contribution in [0.15, 0.2) is 36.4 Å². The Balaban J connectivity index is 2.55. The van der Waals surface area contributed by atoms with Gasteiger partial charge in [0, 0.05) is 11.1 Å². The van der Waals surface area contributed by atoms with E-state index in [0.717, 1.165) is 17.5 Å². The van der Waals surface area contributed by atoms with Gasteiger partial charge < -0.3 is 15.9 Å². The SMILES string of the molecule is Cc1ccc(O)c(-c2cc(CCN)ccc2O)c1. The molecule has 94 valence electrons. The molecule has 0 aromatic heterocycles. The molecule has 3 nitrogen and oxygen atoms in total. The molecule has 0 atom stereocenters. The van der Waals surface area contributed by atoms with Gasteiger partial charge in [0.05, 0.1) is 0 Å². The van der Waals surface area contributed by atoms with E-state index in [1.54, 1.807) is 12.1 Å². The van der Waals surface area contributed by atoms with Crippen LogP contribution in [0.4, 0.5) is 0 Å². The lowest BCUT2D eigenvalue weighted by molar-refractivity contribution is 0.469. The van der Waals surface area contributed by atoms with Crippen LogP contribution >= 0.6 is 0 Å². The molecule has 0 bridgehead atoms. The van der Waals surface area contributed by atoms with E-state index >= 15 is 0 Å². The van der Waals surface area contributed by atoms with Crippen molar-refractivity contribution in [1.82, 2.24) is 0 Å². The van der Waals surface area contributed by atoms with Gasteiger partial charge in [-0.3, -0.25) is 0 Å². The minimum atomic E-state index is 0.164. The van der Waals surface area contributed by atoms with E-state index in [-0.39, 0.29) is 11.5 Å². The Bertz CT molecular complexity index is 564. The van der Waals surface area contributed by atoms with Crippen LogP contribution in [0.2, 0.25) is 0 Å². The van der Waals surface area contributed by atoms with E-state index in [2.05, 4.69) is 0 Å². The van der Waals surface area contributed by atoms with Crippen LogP contribution in [0.5, 0.6) is 11.5 Å². The number of aromatic hydroxyl groups is 2. The van der Waals surface area contributed by atoms with Crippen molar-refractivity contribution in [3.63, 3.8) is 0 Å². The lowest BCUT2D eigenvalue weighted by atomic mass is 9.98. The molecule has 2 aromatic carbocycles. The molecule has 0 aliphatic heterocycles. The number of benzene rings is 2. The topological polar surface area (TPSA) is 66.5 Å². The predicted octanol–water partition coefficient (Wildman–Crippen LogP) is 2.57. The van der Waals surface area contributed by atoms with E-state index in [0.29, 0.717) is 17.7 Å². The average molecular weight is 243 g/mol. The highest BCUT2D eigenvalue weighted by atomic mass is 16.3. The smallest absolute Gasteiger partial charge is 0.123 e. The standard InChI is InChI=1S/C15H17NO2/c1-10-2-4-14(17)12(8-10)13-9-11(6-7-16)3-5-15(13)18/h2-5,8-9,17-18H,6-7,16H2,1H3. The molecule has 0 unspecified atom stereocenters. The fraction of sp³-hybridized carbons (Fsp3) is 0.200. The molecule has 0 saturated carbocycles. The van der Waals surface area contributed by atoms with Gasteiger partial charge in [-0.25, -0.2) is 0 Å². The second-order valence-corrected chi connectivity index (χ2v) is 4.41. The second-order valence-electron chi connectivity index (χ2n) is 4.41. The molecule has 0 amide bonds. The molecule has 0 saturated heterocycles. The van der Waals surface area contributed by atoms with Crippen LogP contribution in [0.1, 0.15) is 11.1 Å². The third-order valence-corrected chi connectivity index (χ3v) is 2.94. The normalized spacial score (nSPS) is 10.6. The molecule has 4 N–H and O–H groups in total. The zero-order valence-corrected chi connectivity index (χ0v) is 10.4. The number of phenols is 2. The zero-order valence-electron chi connectivity index (χ0n) is 10.4. The van der Waals surface area contributed by atoms with Crippen molar-refractivity contribution in [1.29, 1.82) is 0 Å². The van der Waals surface area contributed by atoms with Gasteiger partial charge in [-0.15, -0.1) is 0 Å². The first-order chi connectivity index (χ1) is 8.61. The summed E-state index contributed by atoms with van der Waals surface area (Å²) in [6.07, 6.45) is 0.750. The lowest BCUT2D eigenvalue weighted by Gasteiger charge is -2.10. The van der Waals surface area contributed by atoms with Crippen LogP contribution < -0.4 is 5.73 Å². The summed E-state index contributed by atoms with van der Waals surface area (Å²) in [7, 11) is 0. The predicted molar refractivity (Wildman–Crippen MR) is 72.7 cm³/mol. The molecular formula is C15H17NO2. The highest BCUT2D eigenvalue weighted by Gasteiger charge is 2.10. The van der Waals surface area contributed by atoms with Gasteiger partial charge in [-0.05, 0) is 49.7 Å². The molecule has 2 aromatic rings. The maximum absolute atomic E-state index is 9.93. The molecule has 0 fully saturated rings. The number of rotatable bonds is 3. The van der Waals surface area contributed by atoms with Crippen molar-refractivity contribution in [2.45, 2.75) is 13.3 Å². The van der Waals surface area contributed by atoms with Gasteiger partial charge in [0.1, 0.15) is 11.5 Å². The first-order valence-corrected chi connectivity index (χ1v) is 5.94. The van der Waals surface area contributed by atoms with E-state index in [4.69, 9.17) is 5.73 Å². The Morgan fingerprint density at radius 2 is 1.56 bits per heavy atom. The number of hydrogen-bond donors (Lipinski definition) is 3. The van der Waals surface area contributed by atoms with Gasteiger partial charge in [-0.1, -0.05) is 17.7 Å². The Morgan fingerprint density at radius 1 is 0.944 bits per heavy atom. The Hall–Kier alpha value is -2.00. The monoisotopic (exact) mass is 243 g/mol. The van der Waals surface area contributed by atoms with Crippen molar-refractivity contribution < 1.29 is 10.2 Å². The first kappa shape index (κ1) is 12.5. The Morgan fingerprint density at radius 3 is 2.22 bits per heavy atom. The number of nitrogens with two attached hydrogens (primary N) is 1. The van der Waals surface area contributed by atoms with E-state index in [1.807, 2.05) is 31.2 Å². The van der Waals surface area contributed by atoms with Crippen LogP contribution in [0.3, 0.4) is 0 Å². The molecule has 2 rings (SSSR count). The summed E-state index contributed by atoms with van der Waals surface area (Å²) in [6, 6.07) is 10.7.